The van der Waals surface area contributed by atoms with Gasteiger partial charge >= 0.3 is 0 Å². The highest BCUT2D eigenvalue weighted by Crippen LogP contribution is 2.37. The van der Waals surface area contributed by atoms with E-state index in [2.05, 4.69) is 47.1 Å². The summed E-state index contributed by atoms with van der Waals surface area (Å²) < 4.78 is 0. The van der Waals surface area contributed by atoms with Gasteiger partial charge in [0.2, 0.25) is 0 Å². The third-order valence-corrected chi connectivity index (χ3v) is 4.12. The van der Waals surface area contributed by atoms with Crippen molar-refractivity contribution >= 4 is 15.9 Å². The van der Waals surface area contributed by atoms with Crippen LogP contribution in [0.25, 0.3) is 0 Å². The van der Waals surface area contributed by atoms with E-state index < -0.39 is 0 Å². The number of fused-ring (bicyclic) bond motifs is 1. The average molecular weight is 239 g/mol. The van der Waals surface area contributed by atoms with Crippen LogP contribution in [0.2, 0.25) is 0 Å². The summed E-state index contributed by atoms with van der Waals surface area (Å²) in [4.78, 5) is 0.687. The van der Waals surface area contributed by atoms with Gasteiger partial charge in [0, 0.05) is 4.83 Å². The fourth-order valence-corrected chi connectivity index (χ4v) is 3.18. The van der Waals surface area contributed by atoms with Gasteiger partial charge in [-0.1, -0.05) is 47.1 Å². The fraction of sp³-hybridized carbons (Fsp3) is 0.500. The van der Waals surface area contributed by atoms with Crippen molar-refractivity contribution in [3.8, 4) is 0 Å². The zero-order valence-corrected chi connectivity index (χ0v) is 9.55. The molecule has 0 spiro atoms. The molecule has 0 heterocycles. The van der Waals surface area contributed by atoms with Crippen molar-refractivity contribution in [2.75, 3.05) is 0 Å². The van der Waals surface area contributed by atoms with E-state index in [1.807, 2.05) is 0 Å². The van der Waals surface area contributed by atoms with Crippen molar-refractivity contribution in [3.05, 3.63) is 35.4 Å². The molecule has 70 valence electrons. The van der Waals surface area contributed by atoms with Crippen LogP contribution in [0.5, 0.6) is 0 Å². The summed E-state index contributed by atoms with van der Waals surface area (Å²) >= 11 is 3.78. The molecule has 0 fully saturated rings. The third-order valence-electron chi connectivity index (χ3n) is 3.02. The quantitative estimate of drug-likeness (QED) is 0.652. The van der Waals surface area contributed by atoms with E-state index in [1.165, 1.54) is 19.3 Å². The molecule has 2 atom stereocenters. The molecule has 0 aliphatic heterocycles. The van der Waals surface area contributed by atoms with Gasteiger partial charge in [-0.05, 0) is 36.3 Å². The Balaban J connectivity index is 2.39. The first-order valence-electron chi connectivity index (χ1n) is 5.04. The van der Waals surface area contributed by atoms with Gasteiger partial charge in [0.15, 0.2) is 0 Å². The summed E-state index contributed by atoms with van der Waals surface area (Å²) in [6.07, 6.45) is 3.77. The predicted molar refractivity (Wildman–Crippen MR) is 60.5 cm³/mol. The van der Waals surface area contributed by atoms with E-state index in [9.17, 15) is 0 Å². The smallest absolute Gasteiger partial charge is 0.0217 e. The topological polar surface area (TPSA) is 0 Å². The summed E-state index contributed by atoms with van der Waals surface area (Å²) in [5.74, 6) is 0.727. The molecule has 1 aliphatic rings. The van der Waals surface area contributed by atoms with Crippen molar-refractivity contribution in [2.24, 2.45) is 0 Å². The Bertz CT molecular complexity index is 293. The first-order valence-corrected chi connectivity index (χ1v) is 5.96. The van der Waals surface area contributed by atoms with Crippen LogP contribution in [-0.2, 0) is 6.42 Å². The van der Waals surface area contributed by atoms with Gasteiger partial charge in [0.1, 0.15) is 0 Å². The fourth-order valence-electron chi connectivity index (χ4n) is 2.29. The van der Waals surface area contributed by atoms with Crippen LogP contribution in [-0.4, -0.2) is 4.83 Å². The van der Waals surface area contributed by atoms with E-state index in [0.717, 1.165) is 5.92 Å². The first kappa shape index (κ1) is 9.26. The molecule has 2 unspecified atom stereocenters. The molecule has 0 bridgehead atoms. The molecule has 0 amide bonds. The van der Waals surface area contributed by atoms with Crippen molar-refractivity contribution in [1.82, 2.24) is 0 Å². The second kappa shape index (κ2) is 3.83. The maximum Gasteiger partial charge on any atom is 0.0217 e. The average Bonchev–Trinajstić information content (AvgIpc) is 2.18. The maximum atomic E-state index is 3.78. The predicted octanol–water partition coefficient (Wildman–Crippen LogP) is 3.89. The zero-order valence-electron chi connectivity index (χ0n) is 7.96. The molecule has 0 N–H and O–H groups in total. The highest BCUT2D eigenvalue weighted by Gasteiger charge is 2.25. The second-order valence-electron chi connectivity index (χ2n) is 3.77. The summed E-state index contributed by atoms with van der Waals surface area (Å²) in [6.45, 7) is 2.28. The standard InChI is InChI=1S/C12H15Br/c1-2-10-11-6-4-3-5-9(11)7-8-12(10)13/h3-6,10,12H,2,7-8H2,1H3. The number of hydrogen-bond acceptors (Lipinski definition) is 0. The molecule has 1 heteroatoms. The number of alkyl halides is 1. The van der Waals surface area contributed by atoms with Gasteiger partial charge < -0.3 is 0 Å². The largest absolute Gasteiger partial charge is 0.0884 e. The summed E-state index contributed by atoms with van der Waals surface area (Å²) in [6, 6.07) is 8.88. The summed E-state index contributed by atoms with van der Waals surface area (Å²) in [5.41, 5.74) is 3.13. The monoisotopic (exact) mass is 238 g/mol. The lowest BCUT2D eigenvalue weighted by molar-refractivity contribution is 0.562. The van der Waals surface area contributed by atoms with E-state index >= 15 is 0 Å². The summed E-state index contributed by atoms with van der Waals surface area (Å²) in [7, 11) is 0. The Labute approximate surface area is 88.5 Å². The van der Waals surface area contributed by atoms with E-state index in [1.54, 1.807) is 11.1 Å². The number of benzene rings is 1. The Morgan fingerprint density at radius 3 is 2.92 bits per heavy atom. The number of rotatable bonds is 1. The van der Waals surface area contributed by atoms with Crippen LogP contribution in [0.1, 0.15) is 36.8 Å². The van der Waals surface area contributed by atoms with E-state index in [0.29, 0.717) is 4.83 Å². The van der Waals surface area contributed by atoms with E-state index in [-0.39, 0.29) is 0 Å². The molecule has 1 aliphatic carbocycles. The van der Waals surface area contributed by atoms with Gasteiger partial charge in [0.25, 0.3) is 0 Å². The van der Waals surface area contributed by atoms with Crippen LogP contribution in [0.4, 0.5) is 0 Å². The van der Waals surface area contributed by atoms with Crippen LogP contribution >= 0.6 is 15.9 Å². The highest BCUT2D eigenvalue weighted by molar-refractivity contribution is 9.09. The van der Waals surface area contributed by atoms with Crippen LogP contribution in [0.3, 0.4) is 0 Å². The molecule has 0 nitrogen and oxygen atoms in total. The molecule has 1 aromatic carbocycles. The SMILES string of the molecule is CCC1c2ccccc2CCC1Br. The van der Waals surface area contributed by atoms with Crippen LogP contribution in [0.15, 0.2) is 24.3 Å². The van der Waals surface area contributed by atoms with Crippen LogP contribution < -0.4 is 0 Å². The van der Waals surface area contributed by atoms with Gasteiger partial charge in [-0.25, -0.2) is 0 Å². The molecule has 0 saturated heterocycles. The van der Waals surface area contributed by atoms with Crippen molar-refractivity contribution in [3.63, 3.8) is 0 Å². The second-order valence-corrected chi connectivity index (χ2v) is 4.94. The highest BCUT2D eigenvalue weighted by atomic mass is 79.9. The van der Waals surface area contributed by atoms with Gasteiger partial charge in [-0.15, -0.1) is 0 Å². The Kier molecular flexibility index (Phi) is 2.73. The minimum Gasteiger partial charge on any atom is -0.0884 e. The molecule has 13 heavy (non-hydrogen) atoms. The molecule has 0 radical (unpaired) electrons. The van der Waals surface area contributed by atoms with Crippen molar-refractivity contribution in [2.45, 2.75) is 36.9 Å². The Morgan fingerprint density at radius 1 is 1.38 bits per heavy atom. The van der Waals surface area contributed by atoms with Crippen molar-refractivity contribution < 1.29 is 0 Å². The Hall–Kier alpha value is -0.300. The van der Waals surface area contributed by atoms with E-state index in [4.69, 9.17) is 0 Å². The lowest BCUT2D eigenvalue weighted by Crippen LogP contribution is -2.19. The number of aryl methyl sites for hydroxylation is 1. The molecule has 0 aromatic heterocycles. The lowest BCUT2D eigenvalue weighted by Gasteiger charge is -2.29. The molecule has 1 aromatic rings. The Morgan fingerprint density at radius 2 is 2.15 bits per heavy atom. The minimum atomic E-state index is 0.687. The van der Waals surface area contributed by atoms with Gasteiger partial charge in [-0.2, -0.15) is 0 Å². The molecule has 2 rings (SSSR count). The van der Waals surface area contributed by atoms with Crippen molar-refractivity contribution in [1.29, 1.82) is 0 Å². The number of halogens is 1. The van der Waals surface area contributed by atoms with Gasteiger partial charge in [-0.3, -0.25) is 0 Å². The van der Waals surface area contributed by atoms with Gasteiger partial charge in [0.05, 0.1) is 0 Å². The normalized spacial score (nSPS) is 26.9. The summed E-state index contributed by atoms with van der Waals surface area (Å²) in [5, 5.41) is 0. The zero-order chi connectivity index (χ0) is 9.26. The third kappa shape index (κ3) is 1.67. The first-order chi connectivity index (χ1) is 6.33. The van der Waals surface area contributed by atoms with Crippen LogP contribution in [0, 0.1) is 0 Å². The minimum absolute atomic E-state index is 0.687. The molecular weight excluding hydrogens is 224 g/mol. The molecule has 0 saturated carbocycles. The maximum absolute atomic E-state index is 3.78. The molecular formula is C12H15Br. The lowest BCUT2D eigenvalue weighted by atomic mass is 9.81. The number of hydrogen-bond donors (Lipinski definition) is 0.